The van der Waals surface area contributed by atoms with Crippen LogP contribution in [-0.4, -0.2) is 19.9 Å². The molecule has 0 spiro atoms. The molecule has 2 aromatic heterocycles. The van der Waals surface area contributed by atoms with Crippen molar-refractivity contribution in [1.82, 2.24) is 19.9 Å². The first-order chi connectivity index (χ1) is 8.02. The first kappa shape index (κ1) is 12.2. The monoisotopic (exact) mass is 288 g/mol. The average Bonchev–Trinajstić information content (AvgIpc) is 2.13. The molecule has 0 bridgehead atoms. The lowest BCUT2D eigenvalue weighted by atomic mass is 10.5. The normalized spacial score (nSPS) is 10.5. The Labute approximate surface area is 111 Å². The molecule has 0 unspecified atom stereocenters. The van der Waals surface area contributed by atoms with Crippen LogP contribution in [0.1, 0.15) is 0 Å². The standard InChI is InChI=1S/C8H6Cl2N6S/c9-3-1-4(10)14-7(13-3)17-8-15-5(11)2-6(12)16-8/h1-2H,(H4,11,12,15,16). The molecule has 88 valence electrons. The van der Waals surface area contributed by atoms with Crippen LogP contribution in [0.2, 0.25) is 10.3 Å². The minimum atomic E-state index is 0.240. The molecule has 0 atom stereocenters. The highest BCUT2D eigenvalue weighted by molar-refractivity contribution is 7.99. The zero-order valence-corrected chi connectivity index (χ0v) is 10.6. The van der Waals surface area contributed by atoms with Crippen LogP contribution in [0.15, 0.2) is 22.4 Å². The van der Waals surface area contributed by atoms with Crippen LogP contribution in [0.5, 0.6) is 0 Å². The van der Waals surface area contributed by atoms with Crippen molar-refractivity contribution in [2.24, 2.45) is 0 Å². The number of halogens is 2. The molecule has 9 heteroatoms. The van der Waals surface area contributed by atoms with E-state index in [1.807, 2.05) is 0 Å². The zero-order chi connectivity index (χ0) is 12.4. The number of rotatable bonds is 2. The number of nitrogens with two attached hydrogens (primary N) is 2. The van der Waals surface area contributed by atoms with E-state index in [1.165, 1.54) is 12.1 Å². The predicted octanol–water partition coefficient (Wildman–Crippen LogP) is 1.89. The summed E-state index contributed by atoms with van der Waals surface area (Å²) < 4.78 is 0. The SMILES string of the molecule is Nc1cc(N)nc(Sc2nc(Cl)cc(Cl)n2)n1. The Morgan fingerprint density at radius 1 is 0.824 bits per heavy atom. The Morgan fingerprint density at radius 3 is 1.82 bits per heavy atom. The van der Waals surface area contributed by atoms with E-state index in [-0.39, 0.29) is 21.9 Å². The Hall–Kier alpha value is -1.31. The number of hydrogen-bond donors (Lipinski definition) is 2. The van der Waals surface area contributed by atoms with E-state index in [0.717, 1.165) is 11.8 Å². The summed E-state index contributed by atoms with van der Waals surface area (Å²) in [5, 5.41) is 1.14. The summed E-state index contributed by atoms with van der Waals surface area (Å²) in [6.45, 7) is 0. The molecule has 2 heterocycles. The number of nitrogen functional groups attached to an aromatic ring is 2. The van der Waals surface area contributed by atoms with Crippen LogP contribution >= 0.6 is 35.0 Å². The van der Waals surface area contributed by atoms with E-state index in [2.05, 4.69) is 19.9 Å². The van der Waals surface area contributed by atoms with Gasteiger partial charge in [-0.3, -0.25) is 0 Å². The Bertz CT molecular complexity index is 474. The fourth-order valence-corrected chi connectivity index (χ4v) is 2.28. The summed E-state index contributed by atoms with van der Waals surface area (Å²) in [5.41, 5.74) is 11.1. The first-order valence-electron chi connectivity index (χ1n) is 4.31. The second-order valence-electron chi connectivity index (χ2n) is 2.90. The van der Waals surface area contributed by atoms with Crippen LogP contribution in [-0.2, 0) is 0 Å². The molecular weight excluding hydrogens is 283 g/mol. The number of nitrogens with zero attached hydrogens (tertiary/aromatic N) is 4. The maximum Gasteiger partial charge on any atom is 0.199 e. The highest BCUT2D eigenvalue weighted by Gasteiger charge is 2.08. The van der Waals surface area contributed by atoms with E-state index in [9.17, 15) is 0 Å². The molecule has 0 fully saturated rings. The van der Waals surface area contributed by atoms with Gasteiger partial charge in [-0.2, -0.15) is 0 Å². The smallest absolute Gasteiger partial charge is 0.199 e. The van der Waals surface area contributed by atoms with Gasteiger partial charge in [0.1, 0.15) is 21.9 Å². The fourth-order valence-electron chi connectivity index (χ4n) is 1.01. The Morgan fingerprint density at radius 2 is 1.29 bits per heavy atom. The van der Waals surface area contributed by atoms with E-state index >= 15 is 0 Å². The first-order valence-corrected chi connectivity index (χ1v) is 5.88. The molecule has 0 saturated heterocycles. The minimum Gasteiger partial charge on any atom is -0.383 e. The average molecular weight is 289 g/mol. The molecule has 2 aromatic rings. The van der Waals surface area contributed by atoms with E-state index in [4.69, 9.17) is 34.7 Å². The maximum absolute atomic E-state index is 5.74. The molecule has 17 heavy (non-hydrogen) atoms. The third kappa shape index (κ3) is 3.32. The van der Waals surface area contributed by atoms with E-state index in [1.54, 1.807) is 0 Å². The van der Waals surface area contributed by atoms with Gasteiger partial charge in [0, 0.05) is 12.1 Å². The molecular formula is C8H6Cl2N6S. The van der Waals surface area contributed by atoms with Gasteiger partial charge in [0.25, 0.3) is 0 Å². The molecule has 2 rings (SSSR count). The van der Waals surface area contributed by atoms with E-state index in [0.29, 0.717) is 10.3 Å². The number of aromatic nitrogens is 4. The molecule has 0 saturated carbocycles. The van der Waals surface area contributed by atoms with Crippen molar-refractivity contribution in [3.8, 4) is 0 Å². The lowest BCUT2D eigenvalue weighted by molar-refractivity contribution is 0.935. The molecule has 0 aliphatic carbocycles. The van der Waals surface area contributed by atoms with Crippen molar-refractivity contribution in [2.45, 2.75) is 10.3 Å². The molecule has 6 nitrogen and oxygen atoms in total. The fraction of sp³-hybridized carbons (Fsp3) is 0. The van der Waals surface area contributed by atoms with Crippen LogP contribution < -0.4 is 11.5 Å². The number of hydrogen-bond acceptors (Lipinski definition) is 7. The molecule has 0 radical (unpaired) electrons. The number of anilines is 2. The van der Waals surface area contributed by atoms with Crippen molar-refractivity contribution in [3.05, 3.63) is 22.4 Å². The summed E-state index contributed by atoms with van der Waals surface area (Å²) in [6.07, 6.45) is 0. The second kappa shape index (κ2) is 4.91. The molecule has 0 aromatic carbocycles. The Balaban J connectivity index is 2.31. The van der Waals surface area contributed by atoms with Crippen LogP contribution in [0, 0.1) is 0 Å². The van der Waals surface area contributed by atoms with Crippen molar-refractivity contribution in [1.29, 1.82) is 0 Å². The van der Waals surface area contributed by atoms with Crippen molar-refractivity contribution in [3.63, 3.8) is 0 Å². The quantitative estimate of drug-likeness (QED) is 0.642. The van der Waals surface area contributed by atoms with Crippen LogP contribution in [0.25, 0.3) is 0 Å². The highest BCUT2D eigenvalue weighted by Crippen LogP contribution is 2.25. The summed E-state index contributed by atoms with van der Waals surface area (Å²) in [4.78, 5) is 15.9. The minimum absolute atomic E-state index is 0.240. The largest absolute Gasteiger partial charge is 0.383 e. The predicted molar refractivity (Wildman–Crippen MR) is 67.0 cm³/mol. The third-order valence-electron chi connectivity index (χ3n) is 1.57. The van der Waals surface area contributed by atoms with Gasteiger partial charge in [-0.1, -0.05) is 23.2 Å². The van der Waals surface area contributed by atoms with Gasteiger partial charge in [-0.25, -0.2) is 19.9 Å². The van der Waals surface area contributed by atoms with Gasteiger partial charge >= 0.3 is 0 Å². The summed E-state index contributed by atoms with van der Waals surface area (Å²) in [6, 6.07) is 2.89. The maximum atomic E-state index is 5.74. The lowest BCUT2D eigenvalue weighted by Crippen LogP contribution is -1.99. The molecule has 0 aliphatic rings. The van der Waals surface area contributed by atoms with Gasteiger partial charge in [-0.15, -0.1) is 0 Å². The molecule has 0 aliphatic heterocycles. The topological polar surface area (TPSA) is 104 Å². The van der Waals surface area contributed by atoms with Crippen molar-refractivity contribution >= 4 is 46.6 Å². The van der Waals surface area contributed by atoms with E-state index < -0.39 is 0 Å². The highest BCUT2D eigenvalue weighted by atomic mass is 35.5. The lowest BCUT2D eigenvalue weighted by Gasteiger charge is -2.02. The van der Waals surface area contributed by atoms with Gasteiger partial charge in [-0.05, 0) is 11.8 Å². The van der Waals surface area contributed by atoms with Crippen molar-refractivity contribution < 1.29 is 0 Å². The molecule has 4 N–H and O–H groups in total. The second-order valence-corrected chi connectivity index (χ2v) is 4.61. The van der Waals surface area contributed by atoms with Gasteiger partial charge < -0.3 is 11.5 Å². The third-order valence-corrected chi connectivity index (χ3v) is 2.69. The summed E-state index contributed by atoms with van der Waals surface area (Å²) in [7, 11) is 0. The summed E-state index contributed by atoms with van der Waals surface area (Å²) in [5.74, 6) is 0.543. The zero-order valence-electron chi connectivity index (χ0n) is 8.26. The van der Waals surface area contributed by atoms with Crippen molar-refractivity contribution in [2.75, 3.05) is 11.5 Å². The van der Waals surface area contributed by atoms with Crippen LogP contribution in [0.4, 0.5) is 11.6 Å². The van der Waals surface area contributed by atoms with Gasteiger partial charge in [0.15, 0.2) is 10.3 Å². The molecule has 0 amide bonds. The van der Waals surface area contributed by atoms with Crippen LogP contribution in [0.3, 0.4) is 0 Å². The van der Waals surface area contributed by atoms with Gasteiger partial charge in [0.05, 0.1) is 0 Å². The van der Waals surface area contributed by atoms with Gasteiger partial charge in [0.2, 0.25) is 0 Å². The summed E-state index contributed by atoms with van der Waals surface area (Å²) >= 11 is 12.6. The Kier molecular flexibility index (Phi) is 3.51.